The van der Waals surface area contributed by atoms with Gasteiger partial charge >= 0.3 is 11.9 Å². The zero-order valence-corrected chi connectivity index (χ0v) is 43.1. The van der Waals surface area contributed by atoms with Gasteiger partial charge in [0.25, 0.3) is 11.8 Å². The molecule has 26 nitrogen and oxygen atoms in total. The minimum atomic E-state index is -2.44. The number of methoxy groups -OCH3 is 8. The standard InChI is InChI=1S/2C22H25F5N4O9/c2*1-34-17-10(6-30-31-28)38-7-21(17,36-3)19(32)29-5-9-18(35-2)22(37-4,8-39-9)20(33)40-16-14(26)12(24)11(23)13(25)15(16)27/h2*9-10,17-18H,5-8H2,1-4H3,(H,29,32)/t2*9-,10-,17+,18+,21+,22+/m00/s1. The van der Waals surface area contributed by atoms with Crippen molar-refractivity contribution in [3.8, 4) is 11.5 Å². The van der Waals surface area contributed by atoms with Crippen LogP contribution in [-0.2, 0) is 76.0 Å². The van der Waals surface area contributed by atoms with E-state index in [-0.39, 0.29) is 39.4 Å². The number of carbonyl (C=O) groups is 4. The summed E-state index contributed by atoms with van der Waals surface area (Å²) in [5.41, 5.74) is 9.33. The molecule has 2 aromatic rings. The minimum Gasteiger partial charge on any atom is -0.418 e. The Balaban J connectivity index is 0.000000294. The molecule has 0 spiro atoms. The van der Waals surface area contributed by atoms with E-state index in [0.29, 0.717) is 0 Å². The van der Waals surface area contributed by atoms with Crippen molar-refractivity contribution in [2.75, 3.05) is 109 Å². The van der Waals surface area contributed by atoms with Crippen LogP contribution in [0.2, 0.25) is 0 Å². The number of nitrogens with zero attached hydrogens (tertiary/aromatic N) is 6. The van der Waals surface area contributed by atoms with Crippen LogP contribution in [0.1, 0.15) is 0 Å². The molecule has 4 heterocycles. The van der Waals surface area contributed by atoms with Crippen LogP contribution in [0.4, 0.5) is 43.9 Å². The lowest BCUT2D eigenvalue weighted by Crippen LogP contribution is -2.60. The topological polar surface area (TPSA) is 319 Å². The zero-order valence-electron chi connectivity index (χ0n) is 43.1. The monoisotopic (exact) mass is 1170 g/mol. The third-order valence-corrected chi connectivity index (χ3v) is 13.5. The van der Waals surface area contributed by atoms with Gasteiger partial charge in [-0.3, -0.25) is 9.59 Å². The average Bonchev–Trinajstić information content (AvgIpc) is 4.27. The van der Waals surface area contributed by atoms with E-state index in [0.717, 1.165) is 28.4 Å². The first-order valence-electron chi connectivity index (χ1n) is 22.8. The van der Waals surface area contributed by atoms with E-state index < -0.39 is 178 Å². The van der Waals surface area contributed by atoms with E-state index in [4.69, 9.17) is 67.9 Å². The van der Waals surface area contributed by atoms with E-state index in [2.05, 4.69) is 40.2 Å². The molecule has 4 fully saturated rings. The molecule has 0 bridgehead atoms. The van der Waals surface area contributed by atoms with Crippen molar-refractivity contribution in [1.29, 1.82) is 0 Å². The normalized spacial score (nSPS) is 29.7. The maximum Gasteiger partial charge on any atom is 0.349 e. The fraction of sp³-hybridized carbons (Fsp3) is 0.636. The Bertz CT molecular complexity index is 2500. The highest BCUT2D eigenvalue weighted by molar-refractivity contribution is 5.88. The van der Waals surface area contributed by atoms with Crippen LogP contribution in [-0.4, -0.2) is 204 Å². The molecule has 2 N–H and O–H groups in total. The average molecular weight is 1170 g/mol. The van der Waals surface area contributed by atoms with Crippen LogP contribution in [0, 0.1) is 58.2 Å². The van der Waals surface area contributed by atoms with Gasteiger partial charge in [-0.1, -0.05) is 10.2 Å². The van der Waals surface area contributed by atoms with Crippen LogP contribution in [0.3, 0.4) is 0 Å². The van der Waals surface area contributed by atoms with Gasteiger partial charge in [0.2, 0.25) is 80.9 Å². The van der Waals surface area contributed by atoms with E-state index in [1.807, 2.05) is 0 Å². The van der Waals surface area contributed by atoms with E-state index in [1.54, 1.807) is 0 Å². The highest BCUT2D eigenvalue weighted by atomic mass is 19.2. The van der Waals surface area contributed by atoms with Gasteiger partial charge in [-0.15, -0.1) is 0 Å². The number of amides is 2. The number of hydrogen-bond donors (Lipinski definition) is 2. The van der Waals surface area contributed by atoms with Gasteiger partial charge in [-0.25, -0.2) is 35.9 Å². The molecule has 6 rings (SSSR count). The van der Waals surface area contributed by atoms with Crippen LogP contribution in [0.25, 0.3) is 20.9 Å². The van der Waals surface area contributed by atoms with Crippen molar-refractivity contribution < 1.29 is 129 Å². The molecule has 0 aliphatic carbocycles. The second-order valence-corrected chi connectivity index (χ2v) is 17.2. The summed E-state index contributed by atoms with van der Waals surface area (Å²) in [4.78, 5) is 57.7. The quantitative estimate of drug-likeness (QED) is 0.0250. The van der Waals surface area contributed by atoms with Crippen LogP contribution in [0.5, 0.6) is 11.5 Å². The van der Waals surface area contributed by atoms with Gasteiger partial charge in [-0.05, 0) is 11.1 Å². The highest BCUT2D eigenvalue weighted by Crippen LogP contribution is 2.39. The minimum absolute atomic E-state index is 0.146. The molecule has 0 unspecified atom stereocenters. The number of nitrogens with one attached hydrogen (secondary N) is 2. The SMILES string of the molecule is CO[C@@H]1[C@H](CN=[N+]=[N-])OC[C@]1(OC)C(=O)NC[C@@H]1OC[C@](OC)(C(=O)Oc2c(F)c(F)c(F)c(F)c2F)[C@@H]1OC.CO[C@@H]1[C@H](CN=[N+]=[N-])OC[C@]1(OC)C(=O)NC[C@@H]1OC[C@](OC)(C(=O)Oc2c(F)c(F)c(F)c(F)c2F)[C@@H]1OC. The molecular formula is C44H50F10N8O18. The first kappa shape index (κ1) is 64.6. The van der Waals surface area contributed by atoms with Crippen molar-refractivity contribution in [2.24, 2.45) is 10.2 Å². The molecule has 0 aromatic heterocycles. The summed E-state index contributed by atoms with van der Waals surface area (Å²) in [6.07, 6.45) is -8.68. The fourth-order valence-electron chi connectivity index (χ4n) is 9.22. The summed E-state index contributed by atoms with van der Waals surface area (Å²) in [5.74, 6) is -32.0. The largest absolute Gasteiger partial charge is 0.418 e. The van der Waals surface area contributed by atoms with Gasteiger partial charge in [0.1, 0.15) is 36.6 Å². The molecule has 0 saturated carbocycles. The molecule has 4 aliphatic rings. The molecule has 444 valence electrons. The molecule has 36 heteroatoms. The Labute approximate surface area is 444 Å². The Morgan fingerprint density at radius 1 is 0.450 bits per heavy atom. The summed E-state index contributed by atoms with van der Waals surface area (Å²) in [7, 11) is 9.31. The van der Waals surface area contributed by atoms with Crippen molar-refractivity contribution in [2.45, 2.75) is 71.2 Å². The molecule has 2 aromatic carbocycles. The first-order valence-corrected chi connectivity index (χ1v) is 22.8. The van der Waals surface area contributed by atoms with Crippen molar-refractivity contribution in [3.05, 3.63) is 79.1 Å². The summed E-state index contributed by atoms with van der Waals surface area (Å²) in [6.45, 7) is -2.82. The second kappa shape index (κ2) is 27.0. The molecule has 4 saturated heterocycles. The number of benzene rings is 2. The van der Waals surface area contributed by atoms with Crippen LogP contribution in [0.15, 0.2) is 10.2 Å². The Morgan fingerprint density at radius 2 is 0.700 bits per heavy atom. The third kappa shape index (κ3) is 11.6. The number of azide groups is 2. The molecular weight excluding hydrogens is 1120 g/mol. The van der Waals surface area contributed by atoms with Crippen LogP contribution >= 0.6 is 0 Å². The maximum atomic E-state index is 14.1. The maximum absolute atomic E-state index is 14.1. The lowest BCUT2D eigenvalue weighted by molar-refractivity contribution is -0.172. The number of halogens is 10. The molecule has 0 radical (unpaired) electrons. The summed E-state index contributed by atoms with van der Waals surface area (Å²) >= 11 is 0. The van der Waals surface area contributed by atoms with Gasteiger partial charge in [0, 0.05) is 79.8 Å². The van der Waals surface area contributed by atoms with E-state index in [9.17, 15) is 63.1 Å². The number of ether oxygens (including phenoxy) is 14. The number of hydrogen-bond acceptors (Lipinski definition) is 20. The van der Waals surface area contributed by atoms with Gasteiger partial charge in [0.05, 0.1) is 51.7 Å². The van der Waals surface area contributed by atoms with Crippen molar-refractivity contribution in [1.82, 2.24) is 10.6 Å². The zero-order chi connectivity index (χ0) is 59.7. The van der Waals surface area contributed by atoms with Crippen molar-refractivity contribution in [3.63, 3.8) is 0 Å². The first-order chi connectivity index (χ1) is 38.0. The number of carbonyl (C=O) groups excluding carboxylic acids is 4. The Hall–Kier alpha value is -6.24. The van der Waals surface area contributed by atoms with Gasteiger partial charge in [0.15, 0.2) is 11.2 Å². The lowest BCUT2D eigenvalue weighted by atomic mass is 9.93. The highest BCUT2D eigenvalue weighted by Gasteiger charge is 2.62. The molecule has 12 atom stereocenters. The third-order valence-electron chi connectivity index (χ3n) is 13.5. The van der Waals surface area contributed by atoms with E-state index >= 15 is 0 Å². The molecule has 2 amide bonds. The Morgan fingerprint density at radius 3 is 0.963 bits per heavy atom. The molecule has 80 heavy (non-hydrogen) atoms. The lowest BCUT2D eigenvalue weighted by Gasteiger charge is -2.33. The number of rotatable bonds is 22. The smallest absolute Gasteiger partial charge is 0.349 e. The van der Waals surface area contributed by atoms with Crippen LogP contribution < -0.4 is 20.1 Å². The van der Waals surface area contributed by atoms with Gasteiger partial charge in [-0.2, -0.15) is 17.6 Å². The number of esters is 2. The Kier molecular flexibility index (Phi) is 21.8. The second-order valence-electron chi connectivity index (χ2n) is 17.2. The summed E-state index contributed by atoms with van der Waals surface area (Å²) in [5, 5.41) is 12.0. The predicted molar refractivity (Wildman–Crippen MR) is 239 cm³/mol. The fourth-order valence-corrected chi connectivity index (χ4v) is 9.22. The summed E-state index contributed by atoms with van der Waals surface area (Å²) in [6, 6.07) is 0. The van der Waals surface area contributed by atoms with Gasteiger partial charge < -0.3 is 76.9 Å². The summed E-state index contributed by atoms with van der Waals surface area (Å²) < 4.78 is 212. The predicted octanol–water partition coefficient (Wildman–Crippen LogP) is 2.62. The van der Waals surface area contributed by atoms with Crippen molar-refractivity contribution >= 4 is 23.8 Å². The molecule has 4 aliphatic heterocycles. The van der Waals surface area contributed by atoms with E-state index in [1.165, 1.54) is 28.4 Å².